The second-order valence-electron chi connectivity index (χ2n) is 9.17. The topological polar surface area (TPSA) is 87.1 Å². The largest absolute Gasteiger partial charge is 0.508 e. The lowest BCUT2D eigenvalue weighted by Crippen LogP contribution is -2.29. The van der Waals surface area contributed by atoms with Crippen molar-refractivity contribution < 1.29 is 24.5 Å². The average molecular weight is 458 g/mol. The van der Waals surface area contributed by atoms with Crippen LogP contribution in [0.15, 0.2) is 58.4 Å². The molecule has 0 fully saturated rings. The molecule has 2 aliphatic heterocycles. The van der Waals surface area contributed by atoms with Crippen LogP contribution in [0.5, 0.6) is 0 Å². The molecule has 0 aromatic carbocycles. The molecule has 2 aliphatic rings. The zero-order valence-electron chi connectivity index (χ0n) is 20.5. The highest BCUT2D eigenvalue weighted by molar-refractivity contribution is 5.95. The maximum atomic E-state index is 12.2. The summed E-state index contributed by atoms with van der Waals surface area (Å²) in [6, 6.07) is 0. The molecule has 2 heterocycles. The number of ether oxygens (including phenoxy) is 1. The molecule has 2 rings (SSSR count). The first-order valence-corrected chi connectivity index (χ1v) is 11.9. The molecule has 2 atom stereocenters. The van der Waals surface area contributed by atoms with Gasteiger partial charge in [-0.3, -0.25) is 4.79 Å². The van der Waals surface area contributed by atoms with Gasteiger partial charge in [0.15, 0.2) is 6.10 Å². The molecule has 6 heteroatoms. The fourth-order valence-electron chi connectivity index (χ4n) is 3.99. The van der Waals surface area contributed by atoms with E-state index in [1.807, 2.05) is 13.0 Å². The molecular weight excluding hydrogens is 418 g/mol. The van der Waals surface area contributed by atoms with Gasteiger partial charge in [-0.05, 0) is 58.8 Å². The van der Waals surface area contributed by atoms with Crippen LogP contribution < -0.4 is 0 Å². The Balaban J connectivity index is 1.65. The van der Waals surface area contributed by atoms with Crippen LogP contribution in [-0.4, -0.2) is 52.8 Å². The minimum atomic E-state index is -0.540. The van der Waals surface area contributed by atoms with Crippen LogP contribution in [0.1, 0.15) is 66.2 Å². The Kier molecular flexibility index (Phi) is 10.7. The predicted molar refractivity (Wildman–Crippen MR) is 130 cm³/mol. The van der Waals surface area contributed by atoms with Gasteiger partial charge in [0.05, 0.1) is 12.2 Å². The number of cyclic esters (lactones) is 1. The maximum absolute atomic E-state index is 12.2. The normalized spacial score (nSPS) is 20.8. The summed E-state index contributed by atoms with van der Waals surface area (Å²) < 4.78 is 5.18. The van der Waals surface area contributed by atoms with Crippen molar-refractivity contribution >= 4 is 11.9 Å². The molecule has 1 amide bonds. The number of rotatable bonds is 13. The van der Waals surface area contributed by atoms with Gasteiger partial charge in [-0.15, -0.1) is 0 Å². The molecule has 0 bridgehead atoms. The van der Waals surface area contributed by atoms with Crippen molar-refractivity contribution in [3.05, 3.63) is 58.4 Å². The summed E-state index contributed by atoms with van der Waals surface area (Å²) in [7, 11) is 0. The molecule has 0 saturated heterocycles. The van der Waals surface area contributed by atoms with E-state index in [1.165, 1.54) is 5.57 Å². The fraction of sp³-hybridized carbons (Fsp3) is 0.556. The van der Waals surface area contributed by atoms with E-state index in [-0.39, 0.29) is 18.3 Å². The predicted octanol–water partition coefficient (Wildman–Crippen LogP) is 4.93. The summed E-state index contributed by atoms with van der Waals surface area (Å²) >= 11 is 0. The average Bonchev–Trinajstić information content (AvgIpc) is 3.22. The number of hydrogen-bond acceptors (Lipinski definition) is 5. The SMILES string of the molecule is CC(=CC=CC(C)CCC=C(C)CC1OC(=O)C(C)=C1O)CCCC1=CCN(CCO)C1=O. The van der Waals surface area contributed by atoms with Gasteiger partial charge in [0.25, 0.3) is 0 Å². The maximum Gasteiger partial charge on any atom is 0.338 e. The zero-order valence-corrected chi connectivity index (χ0v) is 20.5. The van der Waals surface area contributed by atoms with Crippen molar-refractivity contribution in [1.82, 2.24) is 4.90 Å². The quantitative estimate of drug-likeness (QED) is 0.233. The Labute approximate surface area is 198 Å². The lowest BCUT2D eigenvalue weighted by atomic mass is 10.0. The number of aliphatic hydroxyl groups is 2. The monoisotopic (exact) mass is 457 g/mol. The van der Waals surface area contributed by atoms with Crippen LogP contribution in [0.3, 0.4) is 0 Å². The summed E-state index contributed by atoms with van der Waals surface area (Å²) in [5.41, 5.74) is 3.58. The van der Waals surface area contributed by atoms with E-state index in [1.54, 1.807) is 11.8 Å². The van der Waals surface area contributed by atoms with E-state index in [0.717, 1.165) is 43.3 Å². The molecule has 6 nitrogen and oxygen atoms in total. The summed E-state index contributed by atoms with van der Waals surface area (Å²) in [6.07, 6.45) is 15.2. The summed E-state index contributed by atoms with van der Waals surface area (Å²) in [5.74, 6) is 0.135. The second-order valence-corrected chi connectivity index (χ2v) is 9.17. The molecular formula is C27H39NO5. The van der Waals surface area contributed by atoms with Gasteiger partial charge in [0.2, 0.25) is 5.91 Å². The highest BCUT2D eigenvalue weighted by Crippen LogP contribution is 2.25. The van der Waals surface area contributed by atoms with Gasteiger partial charge in [-0.1, -0.05) is 48.5 Å². The lowest BCUT2D eigenvalue weighted by molar-refractivity contribution is -0.140. The van der Waals surface area contributed by atoms with Crippen LogP contribution in [-0.2, 0) is 14.3 Å². The summed E-state index contributed by atoms with van der Waals surface area (Å²) in [6.45, 7) is 8.93. The summed E-state index contributed by atoms with van der Waals surface area (Å²) in [4.78, 5) is 25.3. The third kappa shape index (κ3) is 8.35. The van der Waals surface area contributed by atoms with Gasteiger partial charge in [0.1, 0.15) is 5.76 Å². The second kappa shape index (κ2) is 13.2. The highest BCUT2D eigenvalue weighted by atomic mass is 16.6. The van der Waals surface area contributed by atoms with Gasteiger partial charge in [-0.2, -0.15) is 0 Å². The number of hydrogen-bond donors (Lipinski definition) is 2. The van der Waals surface area contributed by atoms with E-state index in [9.17, 15) is 14.7 Å². The van der Waals surface area contributed by atoms with E-state index in [0.29, 0.717) is 31.0 Å². The van der Waals surface area contributed by atoms with E-state index >= 15 is 0 Å². The molecule has 0 radical (unpaired) electrons. The third-order valence-corrected chi connectivity index (χ3v) is 6.19. The molecule has 0 saturated carbocycles. The molecule has 2 N–H and O–H groups in total. The smallest absolute Gasteiger partial charge is 0.338 e. The first kappa shape index (κ1) is 26.7. The molecule has 0 aromatic heterocycles. The molecule has 33 heavy (non-hydrogen) atoms. The first-order valence-electron chi connectivity index (χ1n) is 11.9. The van der Waals surface area contributed by atoms with E-state index < -0.39 is 12.1 Å². The molecule has 182 valence electrons. The minimum absolute atomic E-state index is 0.00875. The summed E-state index contributed by atoms with van der Waals surface area (Å²) in [5, 5.41) is 18.9. The Hall–Kier alpha value is -2.60. The van der Waals surface area contributed by atoms with Crippen LogP contribution in [0.4, 0.5) is 0 Å². The standard InChI is InChI=1S/C27H39NO5/c1-19(10-6-12-21(3)18-24-25(30)22(4)27(32)33-24)8-5-9-20(2)11-7-13-23-14-15-28(16-17-29)26(23)31/h5,8-9,12,14,19,24,29-30H,6-7,10-11,13,15-18H2,1-4H3. The Morgan fingerprint density at radius 1 is 1.30 bits per heavy atom. The Morgan fingerprint density at radius 3 is 2.73 bits per heavy atom. The number of allylic oxidation sites excluding steroid dienone is 5. The van der Waals surface area contributed by atoms with Crippen molar-refractivity contribution in [3.63, 3.8) is 0 Å². The van der Waals surface area contributed by atoms with Gasteiger partial charge < -0.3 is 19.8 Å². The van der Waals surface area contributed by atoms with Crippen molar-refractivity contribution in [2.45, 2.75) is 72.3 Å². The van der Waals surface area contributed by atoms with Crippen molar-refractivity contribution in [2.75, 3.05) is 19.7 Å². The van der Waals surface area contributed by atoms with Crippen molar-refractivity contribution in [1.29, 1.82) is 0 Å². The number of carbonyl (C=O) groups is 2. The number of amides is 1. The van der Waals surface area contributed by atoms with E-state index in [2.05, 4.69) is 38.2 Å². The molecule has 2 unspecified atom stereocenters. The van der Waals surface area contributed by atoms with Crippen LogP contribution >= 0.6 is 0 Å². The van der Waals surface area contributed by atoms with Gasteiger partial charge in [-0.25, -0.2) is 4.79 Å². The van der Waals surface area contributed by atoms with Crippen LogP contribution in [0.25, 0.3) is 0 Å². The number of nitrogens with zero attached hydrogens (tertiary/aromatic N) is 1. The number of aliphatic hydroxyl groups excluding tert-OH is 2. The fourth-order valence-corrected chi connectivity index (χ4v) is 3.99. The Bertz CT molecular complexity index is 862. The zero-order chi connectivity index (χ0) is 24.4. The molecule has 0 spiro atoms. The van der Waals surface area contributed by atoms with Crippen molar-refractivity contribution in [3.8, 4) is 0 Å². The molecule has 0 aliphatic carbocycles. The lowest BCUT2D eigenvalue weighted by Gasteiger charge is -2.14. The first-order chi connectivity index (χ1) is 15.7. The van der Waals surface area contributed by atoms with Gasteiger partial charge >= 0.3 is 5.97 Å². The highest BCUT2D eigenvalue weighted by Gasteiger charge is 2.31. The third-order valence-electron chi connectivity index (χ3n) is 6.19. The number of β-amino-alcohol motifs (C(OH)–C–C–N with tert-alkyl or cyclic N) is 1. The van der Waals surface area contributed by atoms with Gasteiger partial charge in [0, 0.05) is 25.1 Å². The number of esters is 1. The van der Waals surface area contributed by atoms with E-state index in [4.69, 9.17) is 9.84 Å². The van der Waals surface area contributed by atoms with Crippen LogP contribution in [0, 0.1) is 5.92 Å². The number of carbonyl (C=O) groups excluding carboxylic acids is 2. The van der Waals surface area contributed by atoms with Crippen LogP contribution in [0.2, 0.25) is 0 Å². The minimum Gasteiger partial charge on any atom is -0.508 e. The molecule has 0 aromatic rings. The Morgan fingerprint density at radius 2 is 2.06 bits per heavy atom. The van der Waals surface area contributed by atoms with Crippen molar-refractivity contribution in [2.24, 2.45) is 5.92 Å².